The molecule has 1 atom stereocenters. The van der Waals surface area contributed by atoms with Crippen LogP contribution < -0.4 is 5.32 Å². The first-order valence-electron chi connectivity index (χ1n) is 7.82. The maximum Gasteiger partial charge on any atom is 0.267 e. The smallest absolute Gasteiger partial charge is 0.267 e. The molecule has 0 radical (unpaired) electrons. The Morgan fingerprint density at radius 3 is 3.04 bits per heavy atom. The Kier molecular flexibility index (Phi) is 4.59. The maximum atomic E-state index is 13.8. The van der Waals surface area contributed by atoms with E-state index in [0.29, 0.717) is 17.8 Å². The lowest BCUT2D eigenvalue weighted by Crippen LogP contribution is -2.45. The lowest BCUT2D eigenvalue weighted by molar-refractivity contribution is -0.141. The number of oxime groups is 1. The molecule has 0 unspecified atom stereocenters. The summed E-state index contributed by atoms with van der Waals surface area (Å²) < 4.78 is 15.8. The number of carbonyl (C=O) groups excluding carboxylic acids is 1. The third-order valence-electron chi connectivity index (χ3n) is 3.97. The normalized spacial score (nSPS) is 19.7. The van der Waals surface area contributed by atoms with Crippen LogP contribution in [0.25, 0.3) is 0 Å². The fourth-order valence-electron chi connectivity index (χ4n) is 2.57. The van der Waals surface area contributed by atoms with E-state index in [0.717, 1.165) is 13.0 Å². The van der Waals surface area contributed by atoms with Crippen LogP contribution >= 0.6 is 0 Å². The van der Waals surface area contributed by atoms with Crippen molar-refractivity contribution in [1.29, 1.82) is 0 Å². The minimum Gasteiger partial charge on any atom is -0.379 e. The van der Waals surface area contributed by atoms with Gasteiger partial charge in [-0.1, -0.05) is 23.4 Å². The van der Waals surface area contributed by atoms with Gasteiger partial charge in [-0.3, -0.25) is 4.79 Å². The number of benzene rings is 1. The third-order valence-corrected chi connectivity index (χ3v) is 3.97. The lowest BCUT2D eigenvalue weighted by Gasteiger charge is -2.20. The molecule has 3 rings (SSSR count). The van der Waals surface area contributed by atoms with E-state index in [4.69, 9.17) is 4.84 Å². The maximum absolute atomic E-state index is 13.8. The van der Waals surface area contributed by atoms with Gasteiger partial charge in [0, 0.05) is 37.5 Å². The number of nitrogens with zero attached hydrogens (tertiary/aromatic N) is 3. The SMILES string of the molecule is C[C@@]1(C(=O)NCCCn2ccnc2)CC(c2ccccc2F)=NO1. The standard InChI is InChI=1S/C17H19FN4O2/c1-17(16(23)20-7-4-9-22-10-8-19-12-22)11-15(21-24-17)13-5-2-3-6-14(13)18/h2-3,5-6,8,10,12H,4,7,9,11H2,1H3,(H,20,23)/t17-/m0/s1. The van der Waals surface area contributed by atoms with E-state index in [-0.39, 0.29) is 18.1 Å². The average Bonchev–Trinajstić information content (AvgIpc) is 3.22. The number of hydrogen-bond donors (Lipinski definition) is 1. The van der Waals surface area contributed by atoms with Gasteiger partial charge in [-0.25, -0.2) is 9.37 Å². The minimum atomic E-state index is -1.10. The van der Waals surface area contributed by atoms with Crippen molar-refractivity contribution in [3.63, 3.8) is 0 Å². The number of rotatable bonds is 6. The Hall–Kier alpha value is -2.70. The Morgan fingerprint density at radius 2 is 2.29 bits per heavy atom. The van der Waals surface area contributed by atoms with Crippen molar-refractivity contribution in [3.8, 4) is 0 Å². The highest BCUT2D eigenvalue weighted by Gasteiger charge is 2.42. The van der Waals surface area contributed by atoms with E-state index < -0.39 is 5.60 Å². The van der Waals surface area contributed by atoms with Crippen molar-refractivity contribution in [3.05, 3.63) is 54.4 Å². The first-order valence-corrected chi connectivity index (χ1v) is 7.82. The third kappa shape index (κ3) is 3.45. The van der Waals surface area contributed by atoms with Crippen molar-refractivity contribution in [1.82, 2.24) is 14.9 Å². The molecule has 1 aromatic carbocycles. The van der Waals surface area contributed by atoms with Gasteiger partial charge in [-0.05, 0) is 19.4 Å². The molecular weight excluding hydrogens is 311 g/mol. The molecule has 1 aliphatic heterocycles. The second kappa shape index (κ2) is 6.82. The van der Waals surface area contributed by atoms with Crippen molar-refractivity contribution in [2.24, 2.45) is 5.16 Å². The van der Waals surface area contributed by atoms with Crippen molar-refractivity contribution >= 4 is 11.6 Å². The van der Waals surface area contributed by atoms with Crippen LogP contribution in [0.4, 0.5) is 4.39 Å². The zero-order valence-corrected chi connectivity index (χ0v) is 13.4. The highest BCUT2D eigenvalue weighted by atomic mass is 19.1. The Morgan fingerprint density at radius 1 is 1.46 bits per heavy atom. The molecular formula is C17H19FN4O2. The molecule has 0 saturated carbocycles. The Bertz CT molecular complexity index is 745. The molecule has 1 N–H and O–H groups in total. The minimum absolute atomic E-state index is 0.237. The number of halogens is 1. The summed E-state index contributed by atoms with van der Waals surface area (Å²) >= 11 is 0. The van der Waals surface area contributed by atoms with E-state index in [2.05, 4.69) is 15.5 Å². The number of amides is 1. The van der Waals surface area contributed by atoms with Gasteiger partial charge in [0.25, 0.3) is 5.91 Å². The van der Waals surface area contributed by atoms with Crippen LogP contribution in [0, 0.1) is 5.82 Å². The second-order valence-electron chi connectivity index (χ2n) is 5.93. The zero-order chi connectivity index (χ0) is 17.0. The van der Waals surface area contributed by atoms with Crippen molar-refractivity contribution in [2.45, 2.75) is 31.9 Å². The number of aryl methyl sites for hydroxylation is 1. The zero-order valence-electron chi connectivity index (χ0n) is 13.4. The fourth-order valence-corrected chi connectivity index (χ4v) is 2.57. The summed E-state index contributed by atoms with van der Waals surface area (Å²) in [6.45, 7) is 2.95. The summed E-state index contributed by atoms with van der Waals surface area (Å²) in [6.07, 6.45) is 6.34. The molecule has 2 aromatic rings. The summed E-state index contributed by atoms with van der Waals surface area (Å²) in [7, 11) is 0. The monoisotopic (exact) mass is 330 g/mol. The molecule has 0 fully saturated rings. The number of hydrogen-bond acceptors (Lipinski definition) is 4. The molecule has 0 bridgehead atoms. The molecule has 7 heteroatoms. The number of aromatic nitrogens is 2. The van der Waals surface area contributed by atoms with Gasteiger partial charge >= 0.3 is 0 Å². The van der Waals surface area contributed by atoms with Crippen LogP contribution in [0.3, 0.4) is 0 Å². The first-order chi connectivity index (χ1) is 11.6. The fraction of sp³-hybridized carbons (Fsp3) is 0.353. The first kappa shape index (κ1) is 16.2. The summed E-state index contributed by atoms with van der Waals surface area (Å²) in [4.78, 5) is 21.7. The molecule has 2 heterocycles. The van der Waals surface area contributed by atoms with Crippen LogP contribution in [0.1, 0.15) is 25.3 Å². The van der Waals surface area contributed by atoms with Gasteiger partial charge in [0.05, 0.1) is 12.0 Å². The van der Waals surface area contributed by atoms with Gasteiger partial charge in [0.1, 0.15) is 5.82 Å². The quantitative estimate of drug-likeness (QED) is 0.825. The molecule has 0 saturated heterocycles. The number of imidazole rings is 1. The van der Waals surface area contributed by atoms with Gasteiger partial charge in [-0.15, -0.1) is 0 Å². The summed E-state index contributed by atoms with van der Waals surface area (Å²) in [5.41, 5.74) is -0.287. The predicted molar refractivity (Wildman–Crippen MR) is 86.9 cm³/mol. The van der Waals surface area contributed by atoms with Crippen LogP contribution in [-0.4, -0.2) is 33.3 Å². The number of nitrogens with one attached hydrogen (secondary N) is 1. The number of carbonyl (C=O) groups is 1. The van der Waals surface area contributed by atoms with Crippen LogP contribution in [-0.2, 0) is 16.2 Å². The van der Waals surface area contributed by atoms with E-state index in [1.165, 1.54) is 6.07 Å². The van der Waals surface area contributed by atoms with E-state index >= 15 is 0 Å². The van der Waals surface area contributed by atoms with Crippen molar-refractivity contribution in [2.75, 3.05) is 6.54 Å². The molecule has 126 valence electrons. The van der Waals surface area contributed by atoms with Gasteiger partial charge < -0.3 is 14.7 Å². The molecule has 24 heavy (non-hydrogen) atoms. The van der Waals surface area contributed by atoms with E-state index in [9.17, 15) is 9.18 Å². The second-order valence-corrected chi connectivity index (χ2v) is 5.93. The summed E-state index contributed by atoms with van der Waals surface area (Å²) in [5.74, 6) is -0.618. The van der Waals surface area contributed by atoms with Crippen LogP contribution in [0.2, 0.25) is 0 Å². The summed E-state index contributed by atoms with van der Waals surface area (Å²) in [6, 6.07) is 6.34. The molecule has 0 spiro atoms. The van der Waals surface area contributed by atoms with Crippen molar-refractivity contribution < 1.29 is 14.0 Å². The highest BCUT2D eigenvalue weighted by Crippen LogP contribution is 2.27. The molecule has 0 aliphatic carbocycles. The van der Waals surface area contributed by atoms with Crippen LogP contribution in [0.15, 0.2) is 48.1 Å². The molecule has 6 nitrogen and oxygen atoms in total. The largest absolute Gasteiger partial charge is 0.379 e. The van der Waals surface area contributed by atoms with Gasteiger partial charge in [0.2, 0.25) is 5.60 Å². The van der Waals surface area contributed by atoms with E-state index in [1.54, 1.807) is 37.6 Å². The predicted octanol–water partition coefficient (Wildman–Crippen LogP) is 2.11. The summed E-state index contributed by atoms with van der Waals surface area (Å²) in [5, 5.41) is 6.76. The Balaban J connectivity index is 1.51. The molecule has 1 amide bonds. The van der Waals surface area contributed by atoms with Gasteiger partial charge in [0.15, 0.2) is 0 Å². The Labute approximate surface area is 139 Å². The molecule has 1 aromatic heterocycles. The highest BCUT2D eigenvalue weighted by molar-refractivity contribution is 6.05. The average molecular weight is 330 g/mol. The van der Waals surface area contributed by atoms with Gasteiger partial charge in [-0.2, -0.15) is 0 Å². The molecule has 1 aliphatic rings. The van der Waals surface area contributed by atoms with E-state index in [1.807, 2.05) is 10.8 Å². The lowest BCUT2D eigenvalue weighted by atomic mass is 9.95. The van der Waals surface area contributed by atoms with Crippen LogP contribution in [0.5, 0.6) is 0 Å². The topological polar surface area (TPSA) is 68.5 Å².